The molecular formula is C30H23Br2N3O2. The average molecular weight is 617 g/mol. The van der Waals surface area contributed by atoms with E-state index in [1.54, 1.807) is 21.6 Å². The molecule has 0 aliphatic rings. The van der Waals surface area contributed by atoms with Crippen molar-refractivity contribution in [2.24, 2.45) is 0 Å². The van der Waals surface area contributed by atoms with E-state index in [0.29, 0.717) is 34.5 Å². The van der Waals surface area contributed by atoms with Gasteiger partial charge in [0.25, 0.3) is 11.5 Å². The molecule has 5 rings (SSSR count). The number of benzene rings is 4. The highest BCUT2D eigenvalue weighted by atomic mass is 79.9. The third-order valence-corrected chi connectivity index (χ3v) is 7.28. The molecule has 0 N–H and O–H groups in total. The number of hydrogen-bond acceptors (Lipinski definition) is 3. The number of carbonyl (C=O) groups excluding carboxylic acids is 1. The van der Waals surface area contributed by atoms with Gasteiger partial charge in [-0.3, -0.25) is 14.2 Å². The summed E-state index contributed by atoms with van der Waals surface area (Å²) < 4.78 is 3.34. The van der Waals surface area contributed by atoms with Gasteiger partial charge in [0.2, 0.25) is 0 Å². The maximum atomic E-state index is 13.9. The van der Waals surface area contributed by atoms with Crippen molar-refractivity contribution in [1.29, 1.82) is 0 Å². The number of fused-ring (bicyclic) bond motifs is 1. The Kier molecular flexibility index (Phi) is 7.35. The monoisotopic (exact) mass is 615 g/mol. The molecule has 7 heteroatoms. The Morgan fingerprint density at radius 3 is 2.30 bits per heavy atom. The molecule has 4 aromatic carbocycles. The lowest BCUT2D eigenvalue weighted by Crippen LogP contribution is -2.37. The second-order valence-electron chi connectivity index (χ2n) is 8.71. The molecule has 0 aliphatic heterocycles. The zero-order chi connectivity index (χ0) is 25.9. The van der Waals surface area contributed by atoms with E-state index in [1.807, 2.05) is 97.9 Å². The van der Waals surface area contributed by atoms with E-state index < -0.39 is 6.04 Å². The van der Waals surface area contributed by atoms with Gasteiger partial charge in [-0.25, -0.2) is 4.98 Å². The first-order valence-corrected chi connectivity index (χ1v) is 13.4. The lowest BCUT2D eigenvalue weighted by Gasteiger charge is -2.31. The second kappa shape index (κ2) is 10.8. The molecule has 1 atom stereocenters. The van der Waals surface area contributed by atoms with Crippen LogP contribution in [-0.4, -0.2) is 20.4 Å². The number of rotatable bonds is 6. The SMILES string of the molecule is CC(c1nc2ccccc2c(=O)n1-c1ccc(Br)cc1)N(Cc1ccccc1)C(=O)c1cccc(Br)c1. The summed E-state index contributed by atoms with van der Waals surface area (Å²) in [5, 5.41) is 0.522. The van der Waals surface area contributed by atoms with Crippen LogP contribution in [0.15, 0.2) is 117 Å². The van der Waals surface area contributed by atoms with E-state index in [2.05, 4.69) is 31.9 Å². The van der Waals surface area contributed by atoms with Crippen molar-refractivity contribution < 1.29 is 4.79 Å². The first kappa shape index (κ1) is 25.1. The van der Waals surface area contributed by atoms with Crippen molar-refractivity contribution in [1.82, 2.24) is 14.5 Å². The largest absolute Gasteiger partial charge is 0.324 e. The highest BCUT2D eigenvalue weighted by Gasteiger charge is 2.28. The molecule has 184 valence electrons. The lowest BCUT2D eigenvalue weighted by atomic mass is 10.1. The van der Waals surface area contributed by atoms with E-state index in [9.17, 15) is 9.59 Å². The van der Waals surface area contributed by atoms with E-state index in [1.165, 1.54) is 0 Å². The fourth-order valence-electron chi connectivity index (χ4n) is 4.36. The van der Waals surface area contributed by atoms with Gasteiger partial charge in [0.1, 0.15) is 5.82 Å². The van der Waals surface area contributed by atoms with Crippen molar-refractivity contribution in [3.63, 3.8) is 0 Å². The molecule has 0 bridgehead atoms. The van der Waals surface area contributed by atoms with Crippen LogP contribution in [0.1, 0.15) is 34.7 Å². The Morgan fingerprint density at radius 2 is 1.57 bits per heavy atom. The fraction of sp³-hybridized carbons (Fsp3) is 0.100. The summed E-state index contributed by atoms with van der Waals surface area (Å²) in [6.45, 7) is 2.28. The number of amides is 1. The minimum absolute atomic E-state index is 0.151. The molecule has 1 unspecified atom stereocenters. The lowest BCUT2D eigenvalue weighted by molar-refractivity contribution is 0.0664. The van der Waals surface area contributed by atoms with E-state index in [4.69, 9.17) is 4.98 Å². The van der Waals surface area contributed by atoms with Crippen LogP contribution in [0, 0.1) is 0 Å². The summed E-state index contributed by atoms with van der Waals surface area (Å²) in [7, 11) is 0. The van der Waals surface area contributed by atoms with Crippen LogP contribution >= 0.6 is 31.9 Å². The Labute approximate surface area is 231 Å². The van der Waals surface area contributed by atoms with Gasteiger partial charge in [0.15, 0.2) is 0 Å². The number of nitrogens with zero attached hydrogens (tertiary/aromatic N) is 3. The molecule has 0 saturated heterocycles. The normalized spacial score (nSPS) is 11.9. The maximum Gasteiger partial charge on any atom is 0.266 e. The van der Waals surface area contributed by atoms with Crippen LogP contribution < -0.4 is 5.56 Å². The zero-order valence-electron chi connectivity index (χ0n) is 20.0. The van der Waals surface area contributed by atoms with Crippen LogP contribution in [-0.2, 0) is 6.54 Å². The fourth-order valence-corrected chi connectivity index (χ4v) is 5.02. The average Bonchev–Trinajstić information content (AvgIpc) is 2.92. The predicted octanol–water partition coefficient (Wildman–Crippen LogP) is 7.31. The van der Waals surface area contributed by atoms with Gasteiger partial charge in [0, 0.05) is 21.1 Å². The van der Waals surface area contributed by atoms with Gasteiger partial charge in [-0.15, -0.1) is 0 Å². The van der Waals surface area contributed by atoms with Crippen molar-refractivity contribution >= 4 is 48.7 Å². The van der Waals surface area contributed by atoms with Crippen molar-refractivity contribution in [3.8, 4) is 5.69 Å². The van der Waals surface area contributed by atoms with Crippen molar-refractivity contribution in [2.45, 2.75) is 19.5 Å². The molecule has 1 aromatic heterocycles. The molecule has 0 aliphatic carbocycles. The van der Waals surface area contributed by atoms with E-state index in [-0.39, 0.29) is 11.5 Å². The van der Waals surface area contributed by atoms with Crippen molar-refractivity contribution in [3.05, 3.63) is 139 Å². The highest BCUT2D eigenvalue weighted by Crippen LogP contribution is 2.27. The van der Waals surface area contributed by atoms with Gasteiger partial charge in [-0.05, 0) is 67.1 Å². The molecule has 0 spiro atoms. The molecule has 1 heterocycles. The molecule has 0 fully saturated rings. The quantitative estimate of drug-likeness (QED) is 0.201. The molecular weight excluding hydrogens is 594 g/mol. The Hall–Kier alpha value is -3.55. The number of para-hydroxylation sites is 1. The van der Waals surface area contributed by atoms with E-state index >= 15 is 0 Å². The van der Waals surface area contributed by atoms with Gasteiger partial charge in [0.05, 0.1) is 22.6 Å². The molecule has 5 aromatic rings. The topological polar surface area (TPSA) is 55.2 Å². The smallest absolute Gasteiger partial charge is 0.266 e. The van der Waals surface area contributed by atoms with Crippen molar-refractivity contribution in [2.75, 3.05) is 0 Å². The number of hydrogen-bond donors (Lipinski definition) is 0. The zero-order valence-corrected chi connectivity index (χ0v) is 23.2. The minimum Gasteiger partial charge on any atom is -0.324 e. The van der Waals surface area contributed by atoms with Crippen LogP contribution in [0.3, 0.4) is 0 Å². The Balaban J connectivity index is 1.70. The number of aromatic nitrogens is 2. The first-order chi connectivity index (χ1) is 17.9. The molecule has 0 radical (unpaired) electrons. The summed E-state index contributed by atoms with van der Waals surface area (Å²) >= 11 is 6.96. The molecule has 37 heavy (non-hydrogen) atoms. The maximum absolute atomic E-state index is 13.9. The number of halogens is 2. The highest BCUT2D eigenvalue weighted by molar-refractivity contribution is 9.10. The summed E-state index contributed by atoms with van der Waals surface area (Å²) in [6, 6.07) is 31.5. The first-order valence-electron chi connectivity index (χ1n) is 11.8. The second-order valence-corrected chi connectivity index (χ2v) is 10.5. The third-order valence-electron chi connectivity index (χ3n) is 6.26. The summed E-state index contributed by atoms with van der Waals surface area (Å²) in [4.78, 5) is 34.5. The summed E-state index contributed by atoms with van der Waals surface area (Å²) in [5.41, 5.74) is 2.64. The van der Waals surface area contributed by atoms with Crippen LogP contribution in [0.25, 0.3) is 16.6 Å². The van der Waals surface area contributed by atoms with Gasteiger partial charge in [-0.2, -0.15) is 0 Å². The Morgan fingerprint density at radius 1 is 0.865 bits per heavy atom. The third kappa shape index (κ3) is 5.29. The standard InChI is InChI=1S/C30H23Br2N3O2/c1-20(34(19-21-8-3-2-4-9-21)29(36)22-10-7-11-24(32)18-22)28-33-27-13-6-5-12-26(27)30(37)35(28)25-16-14-23(31)15-17-25/h2-18,20H,19H2,1H3. The summed E-state index contributed by atoms with van der Waals surface area (Å²) in [6.07, 6.45) is 0. The van der Waals surface area contributed by atoms with Gasteiger partial charge in [-0.1, -0.05) is 80.4 Å². The molecule has 0 saturated carbocycles. The molecule has 5 nitrogen and oxygen atoms in total. The van der Waals surface area contributed by atoms with Gasteiger partial charge < -0.3 is 4.90 Å². The predicted molar refractivity (Wildman–Crippen MR) is 154 cm³/mol. The Bertz CT molecular complexity index is 1630. The minimum atomic E-state index is -0.521. The van der Waals surface area contributed by atoms with E-state index in [0.717, 1.165) is 14.5 Å². The van der Waals surface area contributed by atoms with Gasteiger partial charge >= 0.3 is 0 Å². The molecule has 1 amide bonds. The van der Waals surface area contributed by atoms with Crippen LogP contribution in [0.2, 0.25) is 0 Å². The van der Waals surface area contributed by atoms with Crippen LogP contribution in [0.5, 0.6) is 0 Å². The van der Waals surface area contributed by atoms with Crippen LogP contribution in [0.4, 0.5) is 0 Å². The summed E-state index contributed by atoms with van der Waals surface area (Å²) in [5.74, 6) is 0.340. The number of carbonyl (C=O) groups is 1.